The van der Waals surface area contributed by atoms with Crippen LogP contribution in [0.3, 0.4) is 0 Å². The van der Waals surface area contributed by atoms with Gasteiger partial charge in [0.1, 0.15) is 0 Å². The Labute approximate surface area is 61.8 Å². The lowest BCUT2D eigenvalue weighted by Crippen LogP contribution is -2.16. The van der Waals surface area contributed by atoms with E-state index in [0.29, 0.717) is 5.92 Å². The Hall–Kier alpha value is -0.300. The quantitative estimate of drug-likeness (QED) is 0.505. The molecule has 1 heteroatoms. The van der Waals surface area contributed by atoms with Crippen molar-refractivity contribution in [1.29, 1.82) is 0 Å². The highest BCUT2D eigenvalue weighted by atomic mass is 16.3. The molecular weight excluding hydrogens is 124 g/mol. The van der Waals surface area contributed by atoms with Crippen molar-refractivity contribution in [3.8, 4) is 0 Å². The fourth-order valence-corrected chi connectivity index (χ4v) is 2.45. The van der Waals surface area contributed by atoms with E-state index in [0.717, 1.165) is 12.3 Å². The van der Waals surface area contributed by atoms with E-state index in [1.165, 1.54) is 12.0 Å². The Morgan fingerprint density at radius 1 is 1.20 bits per heavy atom. The highest BCUT2D eigenvalue weighted by Gasteiger charge is 2.41. The zero-order valence-electron chi connectivity index (χ0n) is 6.59. The maximum atomic E-state index is 9.47. The van der Waals surface area contributed by atoms with E-state index in [4.69, 9.17) is 0 Å². The molecule has 2 aliphatic rings. The first-order valence-electron chi connectivity index (χ1n) is 4.05. The first kappa shape index (κ1) is 6.41. The molecule has 0 aromatic rings. The van der Waals surface area contributed by atoms with Gasteiger partial charge < -0.3 is 5.11 Å². The third-order valence-electron chi connectivity index (χ3n) is 3.32. The van der Waals surface area contributed by atoms with Crippen LogP contribution in [0.4, 0.5) is 0 Å². The second-order valence-corrected chi connectivity index (χ2v) is 3.71. The van der Waals surface area contributed by atoms with Gasteiger partial charge in [-0.05, 0) is 32.6 Å². The molecule has 0 spiro atoms. The average molecular weight is 138 g/mol. The molecule has 0 radical (unpaired) electrons. The van der Waals surface area contributed by atoms with Gasteiger partial charge in [0.05, 0.1) is 6.10 Å². The van der Waals surface area contributed by atoms with Crippen LogP contribution in [0.15, 0.2) is 11.1 Å². The van der Waals surface area contributed by atoms with Gasteiger partial charge in [-0.3, -0.25) is 0 Å². The van der Waals surface area contributed by atoms with Crippen molar-refractivity contribution in [2.75, 3.05) is 0 Å². The van der Waals surface area contributed by atoms with Crippen LogP contribution in [0.5, 0.6) is 0 Å². The Morgan fingerprint density at radius 3 is 2.30 bits per heavy atom. The van der Waals surface area contributed by atoms with E-state index in [2.05, 4.69) is 13.8 Å². The van der Waals surface area contributed by atoms with E-state index >= 15 is 0 Å². The van der Waals surface area contributed by atoms with Crippen molar-refractivity contribution >= 4 is 0 Å². The molecule has 56 valence electrons. The second kappa shape index (κ2) is 1.85. The number of hydrogen-bond donors (Lipinski definition) is 1. The topological polar surface area (TPSA) is 20.2 Å². The minimum absolute atomic E-state index is 0.0197. The SMILES string of the molecule is CC1=C(C)[C@@H]2C[C@H]1C[C@H]2O. The molecule has 2 aliphatic carbocycles. The predicted molar refractivity (Wildman–Crippen MR) is 40.6 cm³/mol. The van der Waals surface area contributed by atoms with Crippen LogP contribution in [0.2, 0.25) is 0 Å². The van der Waals surface area contributed by atoms with Crippen LogP contribution >= 0.6 is 0 Å². The van der Waals surface area contributed by atoms with Gasteiger partial charge in [0, 0.05) is 5.92 Å². The lowest BCUT2D eigenvalue weighted by atomic mass is 9.92. The molecule has 0 aromatic heterocycles. The van der Waals surface area contributed by atoms with E-state index in [1.807, 2.05) is 0 Å². The van der Waals surface area contributed by atoms with E-state index in [1.54, 1.807) is 5.57 Å². The highest BCUT2D eigenvalue weighted by Crippen LogP contribution is 2.47. The number of aliphatic hydroxyl groups excluding tert-OH is 1. The van der Waals surface area contributed by atoms with Crippen LogP contribution in [-0.4, -0.2) is 11.2 Å². The molecule has 0 aromatic carbocycles. The summed E-state index contributed by atoms with van der Waals surface area (Å²) in [6, 6.07) is 0. The number of rotatable bonds is 0. The highest BCUT2D eigenvalue weighted by molar-refractivity contribution is 5.27. The van der Waals surface area contributed by atoms with Crippen LogP contribution in [0.25, 0.3) is 0 Å². The molecule has 1 N–H and O–H groups in total. The molecule has 0 unspecified atom stereocenters. The smallest absolute Gasteiger partial charge is 0.0611 e. The van der Waals surface area contributed by atoms with Crippen molar-refractivity contribution in [3.63, 3.8) is 0 Å². The molecule has 1 nitrogen and oxygen atoms in total. The largest absolute Gasteiger partial charge is 0.392 e. The Morgan fingerprint density at radius 2 is 1.90 bits per heavy atom. The molecule has 1 fully saturated rings. The van der Waals surface area contributed by atoms with Crippen molar-refractivity contribution in [3.05, 3.63) is 11.1 Å². The molecule has 0 aliphatic heterocycles. The minimum Gasteiger partial charge on any atom is -0.392 e. The third-order valence-corrected chi connectivity index (χ3v) is 3.32. The molecular formula is C9H14O. The Balaban J connectivity index is 2.34. The summed E-state index contributed by atoms with van der Waals surface area (Å²) >= 11 is 0. The van der Waals surface area contributed by atoms with Crippen molar-refractivity contribution in [2.45, 2.75) is 32.8 Å². The Kier molecular flexibility index (Phi) is 1.19. The lowest BCUT2D eigenvalue weighted by molar-refractivity contribution is 0.142. The number of aliphatic hydroxyl groups is 1. The summed E-state index contributed by atoms with van der Waals surface area (Å²) in [6.45, 7) is 4.38. The first-order chi connectivity index (χ1) is 4.70. The second-order valence-electron chi connectivity index (χ2n) is 3.71. The predicted octanol–water partition coefficient (Wildman–Crippen LogP) is 1.72. The molecule has 0 saturated heterocycles. The van der Waals surface area contributed by atoms with Crippen molar-refractivity contribution in [1.82, 2.24) is 0 Å². The summed E-state index contributed by atoms with van der Waals surface area (Å²) in [4.78, 5) is 0. The summed E-state index contributed by atoms with van der Waals surface area (Å²) in [5.74, 6) is 1.24. The number of allylic oxidation sites excluding steroid dienone is 1. The Bertz CT molecular complexity index is 193. The monoisotopic (exact) mass is 138 g/mol. The first-order valence-corrected chi connectivity index (χ1v) is 4.05. The molecule has 2 rings (SSSR count). The summed E-state index contributed by atoms with van der Waals surface area (Å²) < 4.78 is 0. The van der Waals surface area contributed by atoms with Crippen LogP contribution in [0, 0.1) is 11.8 Å². The number of hydrogen-bond acceptors (Lipinski definition) is 1. The average Bonchev–Trinajstić information content (AvgIpc) is 2.36. The van der Waals surface area contributed by atoms with Gasteiger partial charge in [-0.1, -0.05) is 11.1 Å². The van der Waals surface area contributed by atoms with E-state index in [-0.39, 0.29) is 6.10 Å². The molecule has 1 saturated carbocycles. The van der Waals surface area contributed by atoms with Crippen LogP contribution in [0.1, 0.15) is 26.7 Å². The standard InChI is InChI=1S/C9H14O/c1-5-6(2)8-3-7(5)4-9(8)10/h7-10H,3-4H2,1-2H3/t7-,8-,9+/m0/s1. The van der Waals surface area contributed by atoms with Crippen LogP contribution < -0.4 is 0 Å². The summed E-state index contributed by atoms with van der Waals surface area (Å²) in [7, 11) is 0. The van der Waals surface area contributed by atoms with Crippen LogP contribution in [-0.2, 0) is 0 Å². The van der Waals surface area contributed by atoms with Gasteiger partial charge in [0.2, 0.25) is 0 Å². The van der Waals surface area contributed by atoms with Gasteiger partial charge >= 0.3 is 0 Å². The van der Waals surface area contributed by atoms with Gasteiger partial charge in [-0.25, -0.2) is 0 Å². The lowest BCUT2D eigenvalue weighted by Gasteiger charge is -2.18. The molecule has 0 heterocycles. The summed E-state index contributed by atoms with van der Waals surface area (Å²) in [6.07, 6.45) is 2.22. The maximum Gasteiger partial charge on any atom is 0.0611 e. The minimum atomic E-state index is -0.0197. The zero-order chi connectivity index (χ0) is 7.30. The summed E-state index contributed by atoms with van der Waals surface area (Å²) in [5.41, 5.74) is 3.01. The molecule has 0 amide bonds. The number of fused-ring (bicyclic) bond motifs is 2. The molecule has 3 atom stereocenters. The summed E-state index contributed by atoms with van der Waals surface area (Å²) in [5, 5.41) is 9.47. The van der Waals surface area contributed by atoms with Gasteiger partial charge in [-0.2, -0.15) is 0 Å². The van der Waals surface area contributed by atoms with Gasteiger partial charge in [0.25, 0.3) is 0 Å². The van der Waals surface area contributed by atoms with Crippen molar-refractivity contribution < 1.29 is 5.11 Å². The molecule has 10 heavy (non-hydrogen) atoms. The fourth-order valence-electron chi connectivity index (χ4n) is 2.45. The van der Waals surface area contributed by atoms with Gasteiger partial charge in [-0.15, -0.1) is 0 Å². The maximum absolute atomic E-state index is 9.47. The van der Waals surface area contributed by atoms with Crippen molar-refractivity contribution in [2.24, 2.45) is 11.8 Å². The zero-order valence-corrected chi connectivity index (χ0v) is 6.59. The van der Waals surface area contributed by atoms with E-state index in [9.17, 15) is 5.11 Å². The fraction of sp³-hybridized carbons (Fsp3) is 0.778. The van der Waals surface area contributed by atoms with Gasteiger partial charge in [0.15, 0.2) is 0 Å². The van der Waals surface area contributed by atoms with E-state index < -0.39 is 0 Å². The molecule has 2 bridgehead atoms. The third kappa shape index (κ3) is 0.615. The normalized spacial score (nSPS) is 45.3.